The maximum Gasteiger partial charge on any atom is 0.249 e. The quantitative estimate of drug-likeness (QED) is 0.370. The number of carbonyl (C=O) groups is 1. The lowest BCUT2D eigenvalue weighted by molar-refractivity contribution is -0.119. The molecule has 8 nitrogen and oxygen atoms in total. The molecule has 1 amide bonds. The van der Waals surface area contributed by atoms with E-state index in [-0.39, 0.29) is 12.5 Å². The van der Waals surface area contributed by atoms with Crippen LogP contribution in [-0.4, -0.2) is 38.0 Å². The third-order valence-corrected chi connectivity index (χ3v) is 5.70. The van der Waals surface area contributed by atoms with Crippen molar-refractivity contribution in [2.24, 2.45) is 0 Å². The number of benzene rings is 3. The Labute approximate surface area is 200 Å². The molecule has 170 valence electrons. The highest BCUT2D eigenvalue weighted by Crippen LogP contribution is 2.26. The van der Waals surface area contributed by atoms with Crippen LogP contribution in [0.3, 0.4) is 0 Å². The second-order valence-corrected chi connectivity index (χ2v) is 8.15. The number of anilines is 1. The van der Waals surface area contributed by atoms with Gasteiger partial charge in [-0.3, -0.25) is 4.79 Å². The van der Waals surface area contributed by atoms with E-state index in [0.29, 0.717) is 17.3 Å². The van der Waals surface area contributed by atoms with Gasteiger partial charge in [0.05, 0.1) is 31.2 Å². The molecule has 34 heavy (non-hydrogen) atoms. The molecule has 0 atom stereocenters. The SMILES string of the molecule is COc1cc(Cl)cc(CN(C(=O)Cn2nnc3ccccc32)c2ccc(-c3c[nH]cn3)cc2)c1. The van der Waals surface area contributed by atoms with E-state index < -0.39 is 0 Å². The van der Waals surface area contributed by atoms with Gasteiger partial charge in [-0.15, -0.1) is 5.10 Å². The maximum atomic E-state index is 13.6. The molecule has 0 aliphatic carbocycles. The van der Waals surface area contributed by atoms with Gasteiger partial charge in [-0.2, -0.15) is 0 Å². The summed E-state index contributed by atoms with van der Waals surface area (Å²) in [6.07, 6.45) is 3.46. The monoisotopic (exact) mass is 472 g/mol. The third-order valence-electron chi connectivity index (χ3n) is 5.49. The summed E-state index contributed by atoms with van der Waals surface area (Å²) in [5, 5.41) is 8.87. The Bertz CT molecular complexity index is 1430. The number of aromatic nitrogens is 5. The molecule has 0 aliphatic rings. The number of aromatic amines is 1. The van der Waals surface area contributed by atoms with Gasteiger partial charge in [0.25, 0.3) is 0 Å². The number of H-pyrrole nitrogens is 1. The number of hydrogen-bond acceptors (Lipinski definition) is 5. The van der Waals surface area contributed by atoms with Gasteiger partial charge in [-0.25, -0.2) is 9.67 Å². The van der Waals surface area contributed by atoms with Crippen LogP contribution < -0.4 is 9.64 Å². The van der Waals surface area contributed by atoms with Crippen LogP contribution in [-0.2, 0) is 17.9 Å². The summed E-state index contributed by atoms with van der Waals surface area (Å²) in [5.74, 6) is 0.494. The van der Waals surface area contributed by atoms with Crippen molar-refractivity contribution in [2.45, 2.75) is 13.1 Å². The Morgan fingerprint density at radius 3 is 2.71 bits per heavy atom. The average molecular weight is 473 g/mol. The minimum Gasteiger partial charge on any atom is -0.497 e. The van der Waals surface area contributed by atoms with E-state index >= 15 is 0 Å². The predicted octanol–water partition coefficient (Wildman–Crippen LogP) is 4.72. The number of para-hydroxylation sites is 1. The lowest BCUT2D eigenvalue weighted by atomic mass is 10.1. The third kappa shape index (κ3) is 4.49. The fraction of sp³-hybridized carbons (Fsp3) is 0.120. The number of imidazole rings is 1. The van der Waals surface area contributed by atoms with E-state index in [1.54, 1.807) is 29.1 Å². The molecule has 2 aromatic heterocycles. The van der Waals surface area contributed by atoms with Crippen molar-refractivity contribution >= 4 is 34.2 Å². The molecule has 1 N–H and O–H groups in total. The molecule has 0 saturated heterocycles. The summed E-state index contributed by atoms with van der Waals surface area (Å²) in [4.78, 5) is 22.5. The van der Waals surface area contributed by atoms with Gasteiger partial charge in [0.15, 0.2) is 0 Å². The van der Waals surface area contributed by atoms with Crippen LogP contribution in [0.2, 0.25) is 5.02 Å². The Morgan fingerprint density at radius 2 is 1.94 bits per heavy atom. The summed E-state index contributed by atoms with van der Waals surface area (Å²) in [6.45, 7) is 0.351. The lowest BCUT2D eigenvalue weighted by Crippen LogP contribution is -2.33. The fourth-order valence-electron chi connectivity index (χ4n) is 3.81. The predicted molar refractivity (Wildman–Crippen MR) is 131 cm³/mol. The van der Waals surface area contributed by atoms with E-state index in [9.17, 15) is 4.79 Å². The van der Waals surface area contributed by atoms with E-state index in [0.717, 1.165) is 33.5 Å². The number of ether oxygens (including phenoxy) is 1. The number of amides is 1. The zero-order valence-electron chi connectivity index (χ0n) is 18.4. The van der Waals surface area contributed by atoms with Crippen molar-refractivity contribution < 1.29 is 9.53 Å². The normalized spacial score (nSPS) is 11.0. The number of methoxy groups -OCH3 is 1. The second-order valence-electron chi connectivity index (χ2n) is 7.72. The molecular weight excluding hydrogens is 452 g/mol. The molecule has 0 radical (unpaired) electrons. The summed E-state index contributed by atoms with van der Waals surface area (Å²) >= 11 is 6.28. The van der Waals surface area contributed by atoms with E-state index in [4.69, 9.17) is 16.3 Å². The highest BCUT2D eigenvalue weighted by atomic mass is 35.5. The maximum absolute atomic E-state index is 13.6. The van der Waals surface area contributed by atoms with Gasteiger partial charge in [0.2, 0.25) is 5.91 Å². The van der Waals surface area contributed by atoms with Gasteiger partial charge >= 0.3 is 0 Å². The zero-order chi connectivity index (χ0) is 23.5. The Morgan fingerprint density at radius 1 is 1.12 bits per heavy atom. The molecule has 0 unspecified atom stereocenters. The summed E-state index contributed by atoms with van der Waals surface area (Å²) in [5.41, 5.74) is 4.91. The number of nitrogens with one attached hydrogen (secondary N) is 1. The number of nitrogens with zero attached hydrogens (tertiary/aromatic N) is 5. The van der Waals surface area contributed by atoms with Crippen LogP contribution in [0.1, 0.15) is 5.56 Å². The second kappa shape index (κ2) is 9.36. The van der Waals surface area contributed by atoms with Gasteiger partial charge in [0, 0.05) is 22.5 Å². The molecule has 9 heteroatoms. The molecular formula is C25H21ClN6O2. The first-order chi connectivity index (χ1) is 16.6. The van der Waals surface area contributed by atoms with Gasteiger partial charge < -0.3 is 14.6 Å². The van der Waals surface area contributed by atoms with Gasteiger partial charge in [-0.05, 0) is 48.0 Å². The first-order valence-electron chi connectivity index (χ1n) is 10.6. The topological polar surface area (TPSA) is 88.9 Å². The lowest BCUT2D eigenvalue weighted by Gasteiger charge is -2.24. The minimum absolute atomic E-state index is 0.0410. The van der Waals surface area contributed by atoms with Crippen molar-refractivity contribution in [3.8, 4) is 17.0 Å². The average Bonchev–Trinajstić information content (AvgIpc) is 3.53. The molecule has 5 aromatic rings. The van der Waals surface area contributed by atoms with Crippen molar-refractivity contribution in [1.29, 1.82) is 0 Å². The van der Waals surface area contributed by atoms with Crippen LogP contribution in [0.15, 0.2) is 79.3 Å². The number of carbonyl (C=O) groups excluding carboxylic acids is 1. The Balaban J connectivity index is 1.48. The highest BCUT2D eigenvalue weighted by molar-refractivity contribution is 6.30. The van der Waals surface area contributed by atoms with E-state index in [1.165, 1.54) is 0 Å². The van der Waals surface area contributed by atoms with Gasteiger partial charge in [0.1, 0.15) is 17.8 Å². The van der Waals surface area contributed by atoms with Crippen LogP contribution in [0.4, 0.5) is 5.69 Å². The Kier molecular flexibility index (Phi) is 5.97. The molecule has 0 spiro atoms. The highest BCUT2D eigenvalue weighted by Gasteiger charge is 2.19. The first kappa shape index (κ1) is 21.7. The number of fused-ring (bicyclic) bond motifs is 1. The van der Waals surface area contributed by atoms with Crippen LogP contribution >= 0.6 is 11.6 Å². The molecule has 0 aliphatic heterocycles. The molecule has 3 aromatic carbocycles. The molecule has 0 bridgehead atoms. The van der Waals surface area contributed by atoms with Crippen molar-refractivity contribution in [1.82, 2.24) is 25.0 Å². The van der Waals surface area contributed by atoms with Crippen LogP contribution in [0.5, 0.6) is 5.75 Å². The summed E-state index contributed by atoms with van der Waals surface area (Å²) in [6, 6.07) is 20.7. The molecule has 2 heterocycles. The number of halogens is 1. The standard InChI is InChI=1S/C25H21ClN6O2/c1-34-21-11-17(10-19(26)12-21)14-31(20-8-6-18(7-9-20)23-13-27-16-28-23)25(33)15-32-24-5-3-2-4-22(24)29-30-32/h2-13,16H,14-15H2,1H3,(H,27,28). The van der Waals surface area contributed by atoms with Crippen molar-refractivity contribution in [3.63, 3.8) is 0 Å². The smallest absolute Gasteiger partial charge is 0.249 e. The van der Waals surface area contributed by atoms with Crippen molar-refractivity contribution in [2.75, 3.05) is 12.0 Å². The molecule has 0 fully saturated rings. The van der Waals surface area contributed by atoms with Gasteiger partial charge in [-0.1, -0.05) is 41.1 Å². The first-order valence-corrected chi connectivity index (χ1v) is 11.0. The van der Waals surface area contributed by atoms with E-state index in [1.807, 2.05) is 66.9 Å². The minimum atomic E-state index is -0.137. The molecule has 0 saturated carbocycles. The largest absolute Gasteiger partial charge is 0.497 e. The van der Waals surface area contributed by atoms with Crippen LogP contribution in [0.25, 0.3) is 22.3 Å². The zero-order valence-corrected chi connectivity index (χ0v) is 19.1. The van der Waals surface area contributed by atoms with Crippen LogP contribution in [0, 0.1) is 0 Å². The van der Waals surface area contributed by atoms with E-state index in [2.05, 4.69) is 20.3 Å². The fourth-order valence-corrected chi connectivity index (χ4v) is 4.06. The Hall–Kier alpha value is -4.17. The molecule has 5 rings (SSSR count). The summed E-state index contributed by atoms with van der Waals surface area (Å²) in [7, 11) is 1.59. The number of rotatable bonds is 7. The number of hydrogen-bond donors (Lipinski definition) is 1. The van der Waals surface area contributed by atoms with Crippen molar-refractivity contribution in [3.05, 3.63) is 89.8 Å². The summed E-state index contributed by atoms with van der Waals surface area (Å²) < 4.78 is 6.97.